The van der Waals surface area contributed by atoms with E-state index in [1.54, 1.807) is 11.3 Å². The molecule has 0 N–H and O–H groups in total. The Morgan fingerprint density at radius 2 is 2.29 bits per heavy atom. The van der Waals surface area contributed by atoms with Crippen LogP contribution < -0.4 is 0 Å². The molecule has 1 atom stereocenters. The summed E-state index contributed by atoms with van der Waals surface area (Å²) in [5.74, 6) is 1.71. The summed E-state index contributed by atoms with van der Waals surface area (Å²) in [7, 11) is 2.19. The minimum atomic E-state index is 0.518. The molecule has 1 unspecified atom stereocenters. The summed E-state index contributed by atoms with van der Waals surface area (Å²) in [4.78, 5) is 13.2. The largest absolute Gasteiger partial charge is 0.307 e. The second kappa shape index (κ2) is 5.24. The van der Waals surface area contributed by atoms with Gasteiger partial charge >= 0.3 is 0 Å². The van der Waals surface area contributed by atoms with Crippen molar-refractivity contribution in [3.05, 3.63) is 46.5 Å². The molecule has 1 aliphatic rings. The average Bonchev–Trinajstić information content (AvgIpc) is 3.20. The number of rotatable bonds is 3. The maximum atomic E-state index is 4.89. The maximum absolute atomic E-state index is 4.89. The van der Waals surface area contributed by atoms with Crippen LogP contribution in [0.2, 0.25) is 0 Å². The first-order chi connectivity index (χ1) is 10.3. The van der Waals surface area contributed by atoms with E-state index in [0.29, 0.717) is 5.92 Å². The van der Waals surface area contributed by atoms with Gasteiger partial charge in [0.1, 0.15) is 11.3 Å². The fourth-order valence-electron chi connectivity index (χ4n) is 3.15. The zero-order valence-corrected chi connectivity index (χ0v) is 12.9. The van der Waals surface area contributed by atoms with E-state index < -0.39 is 0 Å². The van der Waals surface area contributed by atoms with Crippen LogP contribution in [0, 0.1) is 0 Å². The van der Waals surface area contributed by atoms with Crippen LogP contribution in [0.3, 0.4) is 0 Å². The molecule has 5 heteroatoms. The SMILES string of the molecule is CN1CCC(c2nc3cccnc3n2Cc2cccs2)C1. The Morgan fingerprint density at radius 1 is 1.33 bits per heavy atom. The van der Waals surface area contributed by atoms with Crippen LogP contribution in [0.15, 0.2) is 35.8 Å². The van der Waals surface area contributed by atoms with Crippen molar-refractivity contribution in [2.75, 3.05) is 20.1 Å². The Labute approximate surface area is 128 Å². The van der Waals surface area contributed by atoms with E-state index in [2.05, 4.69) is 45.1 Å². The number of hydrogen-bond donors (Lipinski definition) is 0. The number of imidazole rings is 1. The number of pyridine rings is 1. The smallest absolute Gasteiger partial charge is 0.160 e. The molecule has 21 heavy (non-hydrogen) atoms. The number of likely N-dealkylation sites (tertiary alicyclic amines) is 1. The van der Waals surface area contributed by atoms with Crippen molar-refractivity contribution in [3.8, 4) is 0 Å². The molecule has 4 nitrogen and oxygen atoms in total. The Morgan fingerprint density at radius 3 is 3.05 bits per heavy atom. The molecule has 3 aromatic rings. The first-order valence-corrected chi connectivity index (χ1v) is 8.21. The highest BCUT2D eigenvalue weighted by Gasteiger charge is 2.26. The molecule has 4 rings (SSSR count). The van der Waals surface area contributed by atoms with Crippen molar-refractivity contribution in [2.24, 2.45) is 0 Å². The second-order valence-corrected chi connectivity index (χ2v) is 6.76. The highest BCUT2D eigenvalue weighted by atomic mass is 32.1. The Kier molecular flexibility index (Phi) is 3.24. The Balaban J connectivity index is 1.81. The van der Waals surface area contributed by atoms with Crippen LogP contribution >= 0.6 is 11.3 Å². The molecule has 1 aliphatic heterocycles. The molecular formula is C16H18N4S. The van der Waals surface area contributed by atoms with E-state index >= 15 is 0 Å². The van der Waals surface area contributed by atoms with Crippen molar-refractivity contribution < 1.29 is 0 Å². The highest BCUT2D eigenvalue weighted by Crippen LogP contribution is 2.29. The van der Waals surface area contributed by atoms with Crippen molar-refractivity contribution >= 4 is 22.5 Å². The van der Waals surface area contributed by atoms with Crippen LogP contribution in [0.25, 0.3) is 11.2 Å². The topological polar surface area (TPSA) is 34.0 Å². The summed E-state index contributed by atoms with van der Waals surface area (Å²) in [6.45, 7) is 3.12. The first-order valence-electron chi connectivity index (χ1n) is 7.33. The number of fused-ring (bicyclic) bond motifs is 1. The van der Waals surface area contributed by atoms with Gasteiger partial charge in [0.2, 0.25) is 0 Å². The van der Waals surface area contributed by atoms with E-state index in [9.17, 15) is 0 Å². The van der Waals surface area contributed by atoms with E-state index in [4.69, 9.17) is 4.98 Å². The van der Waals surface area contributed by atoms with E-state index in [-0.39, 0.29) is 0 Å². The van der Waals surface area contributed by atoms with Crippen LogP contribution in [0.4, 0.5) is 0 Å². The fraction of sp³-hybridized carbons (Fsp3) is 0.375. The molecule has 0 radical (unpaired) electrons. The van der Waals surface area contributed by atoms with E-state index in [0.717, 1.165) is 30.8 Å². The summed E-state index contributed by atoms with van der Waals surface area (Å²) in [5, 5.41) is 2.13. The molecule has 0 amide bonds. The molecule has 108 valence electrons. The quantitative estimate of drug-likeness (QED) is 0.745. The first kappa shape index (κ1) is 13.0. The molecule has 1 saturated heterocycles. The van der Waals surface area contributed by atoms with Gasteiger partial charge in [0.25, 0.3) is 0 Å². The Hall–Kier alpha value is -1.72. The van der Waals surface area contributed by atoms with Gasteiger partial charge in [0.15, 0.2) is 5.65 Å². The van der Waals surface area contributed by atoms with E-state index in [1.807, 2.05) is 12.3 Å². The van der Waals surface area contributed by atoms with Gasteiger partial charge in [-0.3, -0.25) is 0 Å². The van der Waals surface area contributed by atoms with Crippen molar-refractivity contribution in [2.45, 2.75) is 18.9 Å². The molecule has 1 fully saturated rings. The second-order valence-electron chi connectivity index (χ2n) is 5.73. The summed E-state index contributed by atoms with van der Waals surface area (Å²) < 4.78 is 2.31. The van der Waals surface area contributed by atoms with Gasteiger partial charge in [-0.25, -0.2) is 9.97 Å². The predicted octanol–water partition coefficient (Wildman–Crippen LogP) is 2.96. The minimum Gasteiger partial charge on any atom is -0.307 e. The fourth-order valence-corrected chi connectivity index (χ4v) is 3.84. The standard InChI is InChI=1S/C16H18N4S/c1-19-8-6-12(10-19)15-18-14-5-2-7-17-16(14)20(15)11-13-4-3-9-21-13/h2-5,7,9,12H,6,8,10-11H2,1H3. The van der Waals surface area contributed by atoms with Gasteiger partial charge in [0, 0.05) is 23.5 Å². The molecule has 0 saturated carbocycles. The van der Waals surface area contributed by atoms with Crippen LogP contribution in [-0.2, 0) is 6.54 Å². The minimum absolute atomic E-state index is 0.518. The molecule has 0 spiro atoms. The number of thiophene rings is 1. The van der Waals surface area contributed by atoms with Crippen LogP contribution in [0.5, 0.6) is 0 Å². The Bertz CT molecular complexity index is 747. The van der Waals surface area contributed by atoms with Gasteiger partial charge in [-0.05, 0) is 43.6 Å². The predicted molar refractivity (Wildman–Crippen MR) is 85.8 cm³/mol. The van der Waals surface area contributed by atoms with Crippen molar-refractivity contribution in [1.29, 1.82) is 0 Å². The van der Waals surface area contributed by atoms with Gasteiger partial charge in [-0.15, -0.1) is 11.3 Å². The van der Waals surface area contributed by atoms with E-state index in [1.165, 1.54) is 17.1 Å². The van der Waals surface area contributed by atoms with Crippen molar-refractivity contribution in [3.63, 3.8) is 0 Å². The summed E-state index contributed by atoms with van der Waals surface area (Å²) in [6, 6.07) is 8.32. The van der Waals surface area contributed by atoms with Crippen LogP contribution in [-0.4, -0.2) is 39.6 Å². The lowest BCUT2D eigenvalue weighted by Gasteiger charge is -2.13. The molecule has 0 bridgehead atoms. The lowest BCUT2D eigenvalue weighted by Crippen LogP contribution is -2.16. The molecule has 3 aromatic heterocycles. The van der Waals surface area contributed by atoms with Gasteiger partial charge in [-0.1, -0.05) is 6.07 Å². The zero-order valence-electron chi connectivity index (χ0n) is 12.1. The zero-order chi connectivity index (χ0) is 14.2. The highest BCUT2D eigenvalue weighted by molar-refractivity contribution is 7.09. The van der Waals surface area contributed by atoms with Crippen molar-refractivity contribution in [1.82, 2.24) is 19.4 Å². The third-order valence-electron chi connectivity index (χ3n) is 4.18. The maximum Gasteiger partial charge on any atom is 0.160 e. The number of aromatic nitrogens is 3. The molecule has 4 heterocycles. The molecular weight excluding hydrogens is 280 g/mol. The van der Waals surface area contributed by atoms with Gasteiger partial charge in [-0.2, -0.15) is 0 Å². The number of likely N-dealkylation sites (N-methyl/N-ethyl adjacent to an activating group) is 1. The monoisotopic (exact) mass is 298 g/mol. The summed E-state index contributed by atoms with van der Waals surface area (Å²) >= 11 is 1.79. The third kappa shape index (κ3) is 2.36. The lowest BCUT2D eigenvalue weighted by atomic mass is 10.1. The number of hydrogen-bond acceptors (Lipinski definition) is 4. The molecule has 0 aliphatic carbocycles. The normalized spacial score (nSPS) is 19.6. The lowest BCUT2D eigenvalue weighted by molar-refractivity contribution is 0.408. The molecule has 0 aromatic carbocycles. The number of nitrogens with zero attached hydrogens (tertiary/aromatic N) is 4. The van der Waals surface area contributed by atoms with Gasteiger partial charge < -0.3 is 9.47 Å². The summed E-state index contributed by atoms with van der Waals surface area (Å²) in [6.07, 6.45) is 3.05. The average molecular weight is 298 g/mol. The van der Waals surface area contributed by atoms with Crippen LogP contribution in [0.1, 0.15) is 23.0 Å². The summed E-state index contributed by atoms with van der Waals surface area (Å²) in [5.41, 5.74) is 2.02. The van der Waals surface area contributed by atoms with Gasteiger partial charge in [0.05, 0.1) is 6.54 Å². The third-order valence-corrected chi connectivity index (χ3v) is 5.04.